The van der Waals surface area contributed by atoms with Gasteiger partial charge in [0.15, 0.2) is 0 Å². The predicted molar refractivity (Wildman–Crippen MR) is 89.2 cm³/mol. The number of hydrogen-bond donors (Lipinski definition) is 0. The Labute approximate surface area is 149 Å². The van der Waals surface area contributed by atoms with E-state index in [0.717, 1.165) is 43.4 Å². The number of esters is 2. The van der Waals surface area contributed by atoms with Crippen molar-refractivity contribution in [2.45, 2.75) is 70.5 Å². The SMILES string of the molecule is CCC1CC2CC3CC(OC(=O)C4C5CC6OC(=O)C4C6C5)CC12C3. The first-order valence-corrected chi connectivity index (χ1v) is 10.5. The van der Waals surface area contributed by atoms with Gasteiger partial charge in [-0.25, -0.2) is 0 Å². The van der Waals surface area contributed by atoms with E-state index in [1.165, 1.54) is 25.7 Å². The van der Waals surface area contributed by atoms with Crippen molar-refractivity contribution in [2.75, 3.05) is 0 Å². The van der Waals surface area contributed by atoms with Gasteiger partial charge < -0.3 is 9.47 Å². The molecule has 0 amide bonds. The van der Waals surface area contributed by atoms with Crippen LogP contribution >= 0.6 is 0 Å². The molecule has 136 valence electrons. The highest BCUT2D eigenvalue weighted by atomic mass is 16.6. The maximum absolute atomic E-state index is 13.0. The largest absolute Gasteiger partial charge is 0.462 e. The van der Waals surface area contributed by atoms with Gasteiger partial charge in [-0.15, -0.1) is 0 Å². The average molecular weight is 344 g/mol. The number of carbonyl (C=O) groups excluding carboxylic acids is 2. The molecule has 6 aliphatic rings. The smallest absolute Gasteiger partial charge is 0.310 e. The van der Waals surface area contributed by atoms with Gasteiger partial charge in [-0.2, -0.15) is 0 Å². The number of ether oxygens (including phenoxy) is 2. The molecule has 1 aliphatic heterocycles. The zero-order valence-corrected chi connectivity index (χ0v) is 15.0. The van der Waals surface area contributed by atoms with Gasteiger partial charge in [-0.05, 0) is 74.0 Å². The van der Waals surface area contributed by atoms with Crippen LogP contribution in [0.1, 0.15) is 58.3 Å². The summed E-state index contributed by atoms with van der Waals surface area (Å²) < 4.78 is 11.6. The van der Waals surface area contributed by atoms with Gasteiger partial charge in [-0.3, -0.25) is 9.59 Å². The van der Waals surface area contributed by atoms with Gasteiger partial charge in [0.25, 0.3) is 0 Å². The van der Waals surface area contributed by atoms with Gasteiger partial charge in [0.05, 0.1) is 11.8 Å². The molecule has 25 heavy (non-hydrogen) atoms. The first-order chi connectivity index (χ1) is 12.1. The Kier molecular flexibility index (Phi) is 2.89. The number of carbonyl (C=O) groups is 2. The molecule has 0 N–H and O–H groups in total. The normalized spacial score (nSPS) is 57.2. The van der Waals surface area contributed by atoms with Crippen molar-refractivity contribution < 1.29 is 19.1 Å². The Morgan fingerprint density at radius 1 is 1.20 bits per heavy atom. The summed E-state index contributed by atoms with van der Waals surface area (Å²) in [5.41, 5.74) is 0.481. The number of hydrogen-bond acceptors (Lipinski definition) is 4. The monoisotopic (exact) mass is 344 g/mol. The molecule has 6 rings (SSSR count). The van der Waals surface area contributed by atoms with Crippen molar-refractivity contribution in [3.05, 3.63) is 0 Å². The molecule has 0 aromatic heterocycles. The Balaban J connectivity index is 1.19. The summed E-state index contributed by atoms with van der Waals surface area (Å²) in [6.07, 6.45) is 9.58. The van der Waals surface area contributed by atoms with E-state index in [1.54, 1.807) is 0 Å². The zero-order valence-electron chi connectivity index (χ0n) is 15.0. The Hall–Kier alpha value is -1.06. The van der Waals surface area contributed by atoms with Crippen molar-refractivity contribution in [3.8, 4) is 0 Å². The van der Waals surface area contributed by atoms with Gasteiger partial charge in [0.1, 0.15) is 12.2 Å². The van der Waals surface area contributed by atoms with Crippen LogP contribution in [-0.4, -0.2) is 24.1 Å². The first-order valence-electron chi connectivity index (χ1n) is 10.5. The fraction of sp³-hybridized carbons (Fsp3) is 0.905. The quantitative estimate of drug-likeness (QED) is 0.737. The van der Waals surface area contributed by atoms with Crippen LogP contribution in [0.2, 0.25) is 0 Å². The lowest BCUT2D eigenvalue weighted by Crippen LogP contribution is -2.49. The Morgan fingerprint density at radius 2 is 2.08 bits per heavy atom. The molecule has 10 atom stereocenters. The molecule has 1 spiro atoms. The minimum absolute atomic E-state index is 0.0820. The second-order valence-corrected chi connectivity index (χ2v) is 10.00. The third-order valence-electron chi connectivity index (χ3n) is 9.22. The van der Waals surface area contributed by atoms with Crippen LogP contribution < -0.4 is 0 Å². The van der Waals surface area contributed by atoms with Crippen molar-refractivity contribution in [1.29, 1.82) is 0 Å². The van der Waals surface area contributed by atoms with E-state index >= 15 is 0 Å². The Bertz CT molecular complexity index is 636. The van der Waals surface area contributed by atoms with Crippen LogP contribution in [-0.2, 0) is 19.1 Å². The van der Waals surface area contributed by atoms with Crippen LogP contribution in [0.15, 0.2) is 0 Å². The van der Waals surface area contributed by atoms with E-state index < -0.39 is 0 Å². The van der Waals surface area contributed by atoms with E-state index in [4.69, 9.17) is 9.47 Å². The average Bonchev–Trinajstić information content (AvgIpc) is 3.23. The summed E-state index contributed by atoms with van der Waals surface area (Å²) in [5, 5.41) is 0. The van der Waals surface area contributed by atoms with Gasteiger partial charge in [-0.1, -0.05) is 13.3 Å². The number of rotatable bonds is 3. The minimum atomic E-state index is -0.215. The summed E-state index contributed by atoms with van der Waals surface area (Å²) in [6.45, 7) is 2.32. The number of fused-ring (bicyclic) bond motifs is 2. The third-order valence-corrected chi connectivity index (χ3v) is 9.22. The molecule has 4 bridgehead atoms. The second kappa shape index (κ2) is 4.80. The fourth-order valence-corrected chi connectivity index (χ4v) is 8.38. The van der Waals surface area contributed by atoms with Crippen LogP contribution in [0.25, 0.3) is 0 Å². The van der Waals surface area contributed by atoms with E-state index in [1.807, 2.05) is 0 Å². The van der Waals surface area contributed by atoms with Crippen molar-refractivity contribution in [3.63, 3.8) is 0 Å². The summed E-state index contributed by atoms with van der Waals surface area (Å²) in [4.78, 5) is 25.2. The van der Waals surface area contributed by atoms with Crippen LogP contribution in [0.3, 0.4) is 0 Å². The molecule has 5 saturated carbocycles. The molecular formula is C21H28O4. The zero-order chi connectivity index (χ0) is 16.9. The van der Waals surface area contributed by atoms with E-state index in [-0.39, 0.29) is 41.9 Å². The topological polar surface area (TPSA) is 52.6 Å². The maximum Gasteiger partial charge on any atom is 0.310 e. The van der Waals surface area contributed by atoms with Crippen LogP contribution in [0.5, 0.6) is 0 Å². The molecule has 0 radical (unpaired) electrons. The lowest BCUT2D eigenvalue weighted by Gasteiger charge is -2.55. The highest BCUT2D eigenvalue weighted by Gasteiger charge is 2.65. The first kappa shape index (κ1) is 15.0. The third kappa shape index (κ3) is 1.79. The van der Waals surface area contributed by atoms with E-state index in [0.29, 0.717) is 11.3 Å². The molecule has 4 nitrogen and oxygen atoms in total. The molecule has 4 heteroatoms. The Morgan fingerprint density at radius 3 is 2.92 bits per heavy atom. The summed E-state index contributed by atoms with van der Waals surface area (Å²) in [6, 6.07) is 0. The summed E-state index contributed by atoms with van der Waals surface area (Å²) >= 11 is 0. The van der Waals surface area contributed by atoms with Crippen LogP contribution in [0.4, 0.5) is 0 Å². The minimum Gasteiger partial charge on any atom is -0.462 e. The van der Waals surface area contributed by atoms with Gasteiger partial charge in [0.2, 0.25) is 0 Å². The highest BCUT2D eigenvalue weighted by molar-refractivity contribution is 5.85. The summed E-state index contributed by atoms with van der Waals surface area (Å²) in [5.74, 6) is 2.46. The van der Waals surface area contributed by atoms with Crippen molar-refractivity contribution in [2.24, 2.45) is 46.8 Å². The maximum atomic E-state index is 13.0. The molecule has 0 aromatic carbocycles. The standard InChI is InChI=1S/C21H28O4/c1-2-12-7-13-3-10-4-14(9-21(12,13)8-10)24-19(22)17-11-5-15-16(6-11)25-20(23)18(15)17/h10-18H,2-9H2,1H3. The highest BCUT2D eigenvalue weighted by Crippen LogP contribution is 2.69. The molecule has 10 unspecified atom stereocenters. The van der Waals surface area contributed by atoms with E-state index in [9.17, 15) is 9.59 Å². The molecule has 1 heterocycles. The fourth-order valence-electron chi connectivity index (χ4n) is 8.38. The van der Waals surface area contributed by atoms with E-state index in [2.05, 4.69) is 6.92 Å². The second-order valence-electron chi connectivity index (χ2n) is 10.00. The summed E-state index contributed by atoms with van der Waals surface area (Å²) in [7, 11) is 0. The molecule has 0 aromatic rings. The molecule has 6 fully saturated rings. The predicted octanol–water partition coefficient (Wildman–Crippen LogP) is 3.33. The van der Waals surface area contributed by atoms with Gasteiger partial charge in [0, 0.05) is 5.92 Å². The molecular weight excluding hydrogens is 316 g/mol. The lowest BCUT2D eigenvalue weighted by molar-refractivity contribution is -0.167. The molecule has 5 aliphatic carbocycles. The van der Waals surface area contributed by atoms with Crippen molar-refractivity contribution >= 4 is 11.9 Å². The molecule has 1 saturated heterocycles. The lowest BCUT2D eigenvalue weighted by atomic mass is 9.51. The van der Waals surface area contributed by atoms with Crippen LogP contribution in [0, 0.1) is 46.8 Å². The van der Waals surface area contributed by atoms with Gasteiger partial charge >= 0.3 is 11.9 Å². The van der Waals surface area contributed by atoms with Crippen molar-refractivity contribution in [1.82, 2.24) is 0 Å².